The number of halogens is 2. The molecule has 3 N–H and O–H groups in total. The van der Waals surface area contributed by atoms with E-state index in [1.54, 1.807) is 12.1 Å². The van der Waals surface area contributed by atoms with Crippen LogP contribution in [0.25, 0.3) is 0 Å². The molecular formula is C16H27Cl2N3O2. The lowest BCUT2D eigenvalue weighted by Gasteiger charge is -2.36. The van der Waals surface area contributed by atoms with E-state index in [2.05, 4.69) is 4.90 Å². The van der Waals surface area contributed by atoms with Crippen LogP contribution in [-0.2, 0) is 11.3 Å². The molecule has 1 heterocycles. The fourth-order valence-electron chi connectivity index (χ4n) is 2.55. The summed E-state index contributed by atoms with van der Waals surface area (Å²) >= 11 is 0. The van der Waals surface area contributed by atoms with E-state index in [1.165, 1.54) is 0 Å². The highest BCUT2D eigenvalue weighted by atomic mass is 35.5. The Bertz CT molecular complexity index is 492. The summed E-state index contributed by atoms with van der Waals surface area (Å²) in [7, 11) is 0. The third-order valence-corrected chi connectivity index (χ3v) is 4.18. The van der Waals surface area contributed by atoms with Crippen LogP contribution in [0.15, 0.2) is 24.3 Å². The molecule has 1 aromatic rings. The van der Waals surface area contributed by atoms with Crippen LogP contribution in [0.5, 0.6) is 5.75 Å². The Kier molecular flexibility index (Phi) is 9.54. The predicted octanol–water partition coefficient (Wildman–Crippen LogP) is 1.86. The summed E-state index contributed by atoms with van der Waals surface area (Å²) in [5.74, 6) is 0.330. The summed E-state index contributed by atoms with van der Waals surface area (Å²) in [5, 5.41) is 9.49. The van der Waals surface area contributed by atoms with Crippen molar-refractivity contribution in [3.05, 3.63) is 29.8 Å². The van der Waals surface area contributed by atoms with E-state index in [-0.39, 0.29) is 42.7 Å². The molecule has 1 aliphatic rings. The zero-order valence-corrected chi connectivity index (χ0v) is 15.3. The van der Waals surface area contributed by atoms with Gasteiger partial charge in [-0.3, -0.25) is 9.69 Å². The number of piperazine rings is 1. The van der Waals surface area contributed by atoms with Crippen LogP contribution in [-0.4, -0.2) is 53.0 Å². The van der Waals surface area contributed by atoms with Gasteiger partial charge >= 0.3 is 0 Å². The highest BCUT2D eigenvalue weighted by Gasteiger charge is 2.26. The van der Waals surface area contributed by atoms with Crippen LogP contribution >= 0.6 is 24.8 Å². The minimum Gasteiger partial charge on any atom is -0.508 e. The first kappa shape index (κ1) is 22.0. The molecule has 2 unspecified atom stereocenters. The van der Waals surface area contributed by atoms with Crippen LogP contribution in [0.2, 0.25) is 0 Å². The van der Waals surface area contributed by atoms with Gasteiger partial charge in [-0.25, -0.2) is 0 Å². The number of nitrogens with zero attached hydrogens (tertiary/aromatic N) is 2. The largest absolute Gasteiger partial charge is 0.508 e. The van der Waals surface area contributed by atoms with E-state index in [1.807, 2.05) is 30.9 Å². The molecule has 2 rings (SSSR count). The van der Waals surface area contributed by atoms with Crippen molar-refractivity contribution in [2.24, 2.45) is 11.7 Å². The first-order valence-corrected chi connectivity index (χ1v) is 7.52. The Labute approximate surface area is 150 Å². The molecule has 1 saturated heterocycles. The number of rotatable bonds is 4. The summed E-state index contributed by atoms with van der Waals surface area (Å²) in [5.41, 5.74) is 6.90. The van der Waals surface area contributed by atoms with Crippen LogP contribution in [0.4, 0.5) is 0 Å². The third-order valence-electron chi connectivity index (χ3n) is 4.18. The SMILES string of the molecule is CC(N)C(C)C(=O)N1CCN(Cc2cccc(O)c2)CC1.Cl.Cl. The second-order valence-electron chi connectivity index (χ2n) is 5.92. The summed E-state index contributed by atoms with van der Waals surface area (Å²) in [6.45, 7) is 7.77. The van der Waals surface area contributed by atoms with Crippen LogP contribution in [0.3, 0.4) is 0 Å². The molecule has 1 aromatic carbocycles. The number of phenols is 1. The number of hydrogen-bond acceptors (Lipinski definition) is 4. The molecule has 1 amide bonds. The van der Waals surface area contributed by atoms with Gasteiger partial charge in [-0.2, -0.15) is 0 Å². The van der Waals surface area contributed by atoms with E-state index >= 15 is 0 Å². The van der Waals surface area contributed by atoms with Crippen molar-refractivity contribution in [3.63, 3.8) is 0 Å². The van der Waals surface area contributed by atoms with E-state index < -0.39 is 0 Å². The zero-order chi connectivity index (χ0) is 15.4. The summed E-state index contributed by atoms with van der Waals surface area (Å²) in [6, 6.07) is 7.22. The number of carbonyl (C=O) groups excluding carboxylic acids is 1. The van der Waals surface area contributed by atoms with Crippen LogP contribution in [0.1, 0.15) is 19.4 Å². The number of nitrogens with two attached hydrogens (primary N) is 1. The summed E-state index contributed by atoms with van der Waals surface area (Å²) in [6.07, 6.45) is 0. The maximum absolute atomic E-state index is 12.2. The number of benzene rings is 1. The lowest BCUT2D eigenvalue weighted by atomic mass is 10.0. The van der Waals surface area contributed by atoms with Gasteiger partial charge in [0.25, 0.3) is 0 Å². The molecule has 0 saturated carbocycles. The molecule has 0 aliphatic carbocycles. The summed E-state index contributed by atoms with van der Waals surface area (Å²) in [4.78, 5) is 16.5. The average Bonchev–Trinajstić information content (AvgIpc) is 2.46. The zero-order valence-electron chi connectivity index (χ0n) is 13.6. The molecule has 1 fully saturated rings. The minimum absolute atomic E-state index is 0. The Hall–Kier alpha value is -1.01. The first-order chi connectivity index (χ1) is 9.97. The lowest BCUT2D eigenvalue weighted by molar-refractivity contribution is -0.137. The molecule has 0 spiro atoms. The van der Waals surface area contributed by atoms with Crippen molar-refractivity contribution in [3.8, 4) is 5.75 Å². The van der Waals surface area contributed by atoms with Crippen molar-refractivity contribution in [2.75, 3.05) is 26.2 Å². The minimum atomic E-state index is -0.123. The number of amides is 1. The Morgan fingerprint density at radius 1 is 1.22 bits per heavy atom. The van der Waals surface area contributed by atoms with E-state index in [9.17, 15) is 9.90 Å². The van der Waals surface area contributed by atoms with E-state index in [4.69, 9.17) is 5.73 Å². The van der Waals surface area contributed by atoms with Crippen molar-refractivity contribution in [1.82, 2.24) is 9.80 Å². The Morgan fingerprint density at radius 3 is 2.35 bits per heavy atom. The Morgan fingerprint density at radius 2 is 1.83 bits per heavy atom. The number of carbonyl (C=O) groups is 1. The molecule has 0 radical (unpaired) electrons. The van der Waals surface area contributed by atoms with Crippen molar-refractivity contribution in [1.29, 1.82) is 0 Å². The highest BCUT2D eigenvalue weighted by Crippen LogP contribution is 2.15. The molecule has 23 heavy (non-hydrogen) atoms. The monoisotopic (exact) mass is 363 g/mol. The van der Waals surface area contributed by atoms with Crippen molar-refractivity contribution >= 4 is 30.7 Å². The molecular weight excluding hydrogens is 337 g/mol. The number of aromatic hydroxyl groups is 1. The van der Waals surface area contributed by atoms with Gasteiger partial charge in [-0.05, 0) is 24.6 Å². The van der Waals surface area contributed by atoms with Gasteiger partial charge in [0.1, 0.15) is 5.75 Å². The Balaban J connectivity index is 0.00000242. The van der Waals surface area contributed by atoms with E-state index in [0.29, 0.717) is 5.75 Å². The molecule has 1 aliphatic heterocycles. The highest BCUT2D eigenvalue weighted by molar-refractivity contribution is 5.85. The second kappa shape index (κ2) is 9.98. The fraction of sp³-hybridized carbons (Fsp3) is 0.562. The lowest BCUT2D eigenvalue weighted by Crippen LogP contribution is -2.51. The van der Waals surface area contributed by atoms with Crippen LogP contribution in [0, 0.1) is 5.92 Å². The van der Waals surface area contributed by atoms with Gasteiger partial charge in [0.05, 0.1) is 5.92 Å². The molecule has 7 heteroatoms. The molecule has 5 nitrogen and oxygen atoms in total. The molecule has 0 bridgehead atoms. The van der Waals surface area contributed by atoms with Gasteiger partial charge in [0.2, 0.25) is 5.91 Å². The smallest absolute Gasteiger partial charge is 0.227 e. The summed E-state index contributed by atoms with van der Waals surface area (Å²) < 4.78 is 0. The molecule has 132 valence electrons. The van der Waals surface area contributed by atoms with Gasteiger partial charge in [0.15, 0.2) is 0 Å². The fourth-order valence-corrected chi connectivity index (χ4v) is 2.55. The number of phenolic OH excluding ortho intramolecular Hbond substituents is 1. The first-order valence-electron chi connectivity index (χ1n) is 7.52. The standard InChI is InChI=1S/C16H25N3O2.2ClH/c1-12(13(2)17)16(21)19-8-6-18(7-9-19)11-14-4-3-5-15(20)10-14;;/h3-5,10,12-13,20H,6-9,11,17H2,1-2H3;2*1H. The topological polar surface area (TPSA) is 69.8 Å². The van der Waals surface area contributed by atoms with E-state index in [0.717, 1.165) is 38.3 Å². The third kappa shape index (κ3) is 6.18. The maximum atomic E-state index is 12.2. The van der Waals surface area contributed by atoms with Crippen LogP contribution < -0.4 is 5.73 Å². The van der Waals surface area contributed by atoms with Crippen molar-refractivity contribution < 1.29 is 9.90 Å². The second-order valence-corrected chi connectivity index (χ2v) is 5.92. The maximum Gasteiger partial charge on any atom is 0.227 e. The van der Waals surface area contributed by atoms with Gasteiger partial charge in [-0.1, -0.05) is 19.1 Å². The number of hydrogen-bond donors (Lipinski definition) is 2. The average molecular weight is 364 g/mol. The molecule has 2 atom stereocenters. The van der Waals surface area contributed by atoms with Gasteiger partial charge < -0.3 is 15.7 Å². The van der Waals surface area contributed by atoms with Crippen molar-refractivity contribution in [2.45, 2.75) is 26.4 Å². The normalized spacial score (nSPS) is 17.6. The van der Waals surface area contributed by atoms with Gasteiger partial charge in [-0.15, -0.1) is 24.8 Å². The quantitative estimate of drug-likeness (QED) is 0.856. The van der Waals surface area contributed by atoms with Gasteiger partial charge in [0, 0.05) is 38.8 Å². The predicted molar refractivity (Wildman–Crippen MR) is 97.3 cm³/mol. The molecule has 0 aromatic heterocycles.